The minimum Gasteiger partial charge on any atom is -0.497 e. The van der Waals surface area contributed by atoms with Crippen molar-refractivity contribution in [3.63, 3.8) is 0 Å². The lowest BCUT2D eigenvalue weighted by Crippen LogP contribution is -2.07. The predicted octanol–water partition coefficient (Wildman–Crippen LogP) is 4.90. The van der Waals surface area contributed by atoms with Crippen LogP contribution in [0.3, 0.4) is 0 Å². The summed E-state index contributed by atoms with van der Waals surface area (Å²) in [4.78, 5) is 8.25. The van der Waals surface area contributed by atoms with Crippen molar-refractivity contribution in [1.82, 2.24) is 9.97 Å². The average molecular weight is 388 g/mol. The van der Waals surface area contributed by atoms with Crippen LogP contribution in [0.2, 0.25) is 0 Å². The maximum absolute atomic E-state index is 12.6. The lowest BCUT2D eigenvalue weighted by molar-refractivity contribution is -0.137. The van der Waals surface area contributed by atoms with E-state index in [1.807, 2.05) is 24.3 Å². The van der Waals surface area contributed by atoms with Crippen LogP contribution >= 0.6 is 0 Å². The zero-order valence-electron chi connectivity index (χ0n) is 15.1. The van der Waals surface area contributed by atoms with Gasteiger partial charge in [-0.05, 0) is 48.4 Å². The highest BCUT2D eigenvalue weighted by atomic mass is 19.4. The summed E-state index contributed by atoms with van der Waals surface area (Å²) in [6, 6.07) is 14.3. The van der Waals surface area contributed by atoms with Crippen LogP contribution in [0.4, 0.5) is 30.5 Å². The van der Waals surface area contributed by atoms with E-state index in [1.165, 1.54) is 18.5 Å². The highest BCUT2D eigenvalue weighted by Gasteiger charge is 2.29. The molecule has 3 aromatic rings. The molecule has 8 heteroatoms. The molecule has 2 aromatic carbocycles. The summed E-state index contributed by atoms with van der Waals surface area (Å²) in [5.74, 6) is 1.91. The van der Waals surface area contributed by atoms with Crippen molar-refractivity contribution in [2.24, 2.45) is 0 Å². The third kappa shape index (κ3) is 5.35. The highest BCUT2D eigenvalue weighted by molar-refractivity contribution is 5.59. The molecular weight excluding hydrogens is 369 g/mol. The molecule has 2 N–H and O–H groups in total. The fourth-order valence-electron chi connectivity index (χ4n) is 2.58. The van der Waals surface area contributed by atoms with Crippen LogP contribution in [0.1, 0.15) is 11.1 Å². The third-order valence-corrected chi connectivity index (χ3v) is 4.01. The Morgan fingerprint density at radius 2 is 1.71 bits per heavy atom. The third-order valence-electron chi connectivity index (χ3n) is 4.01. The number of methoxy groups -OCH3 is 1. The first-order valence-corrected chi connectivity index (χ1v) is 8.57. The summed E-state index contributed by atoms with van der Waals surface area (Å²) in [6.45, 7) is 0.657. The Kier molecular flexibility index (Phi) is 5.98. The molecule has 0 unspecified atom stereocenters. The molecule has 28 heavy (non-hydrogen) atoms. The van der Waals surface area contributed by atoms with Crippen LogP contribution in [0.5, 0.6) is 5.75 Å². The molecule has 0 aliphatic rings. The van der Waals surface area contributed by atoms with Crippen LogP contribution in [0.15, 0.2) is 60.9 Å². The lowest BCUT2D eigenvalue weighted by Gasteiger charge is -2.10. The number of aromatic nitrogens is 2. The van der Waals surface area contributed by atoms with E-state index in [-0.39, 0.29) is 0 Å². The number of rotatable bonds is 7. The number of nitrogens with one attached hydrogen (secondary N) is 2. The van der Waals surface area contributed by atoms with Gasteiger partial charge in [0.15, 0.2) is 0 Å². The first-order valence-electron chi connectivity index (χ1n) is 8.57. The maximum Gasteiger partial charge on any atom is 0.416 e. The summed E-state index contributed by atoms with van der Waals surface area (Å²) in [5, 5.41) is 6.18. The van der Waals surface area contributed by atoms with Gasteiger partial charge in [-0.1, -0.05) is 12.1 Å². The van der Waals surface area contributed by atoms with Gasteiger partial charge in [0.1, 0.15) is 23.7 Å². The number of ether oxygens (including phenoxy) is 1. The van der Waals surface area contributed by atoms with E-state index in [9.17, 15) is 13.2 Å². The molecule has 5 nitrogen and oxygen atoms in total. The minimum atomic E-state index is -4.35. The van der Waals surface area contributed by atoms with Gasteiger partial charge in [0, 0.05) is 18.3 Å². The number of hydrogen-bond donors (Lipinski definition) is 2. The number of halogens is 3. The Balaban J connectivity index is 1.57. The molecule has 146 valence electrons. The van der Waals surface area contributed by atoms with Crippen molar-refractivity contribution >= 4 is 17.3 Å². The molecular formula is C20H19F3N4O. The second-order valence-electron chi connectivity index (χ2n) is 6.02. The predicted molar refractivity (Wildman–Crippen MR) is 102 cm³/mol. The first kappa shape index (κ1) is 19.5. The molecule has 0 amide bonds. The highest BCUT2D eigenvalue weighted by Crippen LogP contribution is 2.30. The Morgan fingerprint density at radius 3 is 2.43 bits per heavy atom. The van der Waals surface area contributed by atoms with E-state index in [1.54, 1.807) is 13.2 Å². The van der Waals surface area contributed by atoms with E-state index in [2.05, 4.69) is 20.6 Å². The van der Waals surface area contributed by atoms with Crippen LogP contribution in [-0.4, -0.2) is 23.6 Å². The van der Waals surface area contributed by atoms with Crippen molar-refractivity contribution in [2.45, 2.75) is 12.6 Å². The van der Waals surface area contributed by atoms with Gasteiger partial charge < -0.3 is 15.4 Å². The molecule has 0 spiro atoms. The van der Waals surface area contributed by atoms with Gasteiger partial charge in [-0.25, -0.2) is 9.97 Å². The van der Waals surface area contributed by atoms with Crippen LogP contribution in [0.25, 0.3) is 0 Å². The second kappa shape index (κ2) is 8.60. The van der Waals surface area contributed by atoms with Gasteiger partial charge in [-0.3, -0.25) is 0 Å². The molecule has 1 aromatic heterocycles. The normalized spacial score (nSPS) is 11.1. The van der Waals surface area contributed by atoms with Crippen molar-refractivity contribution in [1.29, 1.82) is 0 Å². The lowest BCUT2D eigenvalue weighted by atomic mass is 10.1. The maximum atomic E-state index is 12.6. The van der Waals surface area contributed by atoms with E-state index in [0.717, 1.165) is 29.9 Å². The van der Waals surface area contributed by atoms with E-state index >= 15 is 0 Å². The smallest absolute Gasteiger partial charge is 0.416 e. The largest absolute Gasteiger partial charge is 0.497 e. The van der Waals surface area contributed by atoms with Crippen LogP contribution < -0.4 is 15.4 Å². The number of nitrogens with zero attached hydrogens (tertiary/aromatic N) is 2. The molecule has 0 aliphatic carbocycles. The molecule has 3 rings (SSSR count). The van der Waals surface area contributed by atoms with Gasteiger partial charge in [0.25, 0.3) is 0 Å². The van der Waals surface area contributed by atoms with Crippen molar-refractivity contribution in [3.8, 4) is 5.75 Å². The topological polar surface area (TPSA) is 59.1 Å². The minimum absolute atomic E-state index is 0.485. The Hall–Kier alpha value is -3.29. The molecule has 0 saturated carbocycles. The van der Waals surface area contributed by atoms with E-state index in [4.69, 9.17) is 4.74 Å². The van der Waals surface area contributed by atoms with Crippen molar-refractivity contribution in [2.75, 3.05) is 24.3 Å². The summed E-state index contributed by atoms with van der Waals surface area (Å²) in [6.07, 6.45) is -2.18. The standard InChI is InChI=1S/C20H19F3N4O/c1-28-17-4-2-3-14(11-17)9-10-24-18-12-19(26-13-25-18)27-16-7-5-15(6-8-16)20(21,22)23/h2-8,11-13H,9-10H2,1H3,(H2,24,25,26,27). The quantitative estimate of drug-likeness (QED) is 0.603. The molecule has 1 heterocycles. The fraction of sp³-hybridized carbons (Fsp3) is 0.200. The monoisotopic (exact) mass is 388 g/mol. The van der Waals surface area contributed by atoms with E-state index < -0.39 is 11.7 Å². The summed E-state index contributed by atoms with van der Waals surface area (Å²) in [7, 11) is 1.63. The zero-order valence-corrected chi connectivity index (χ0v) is 15.1. The SMILES string of the molecule is COc1cccc(CCNc2cc(Nc3ccc(C(F)(F)F)cc3)ncn2)c1. The van der Waals surface area contributed by atoms with Gasteiger partial charge in [0.2, 0.25) is 0 Å². The Labute approximate surface area is 160 Å². The molecule has 0 bridgehead atoms. The van der Waals surface area contributed by atoms with Gasteiger partial charge >= 0.3 is 6.18 Å². The first-order chi connectivity index (χ1) is 13.4. The molecule has 0 fully saturated rings. The summed E-state index contributed by atoms with van der Waals surface area (Å²) >= 11 is 0. The number of hydrogen-bond acceptors (Lipinski definition) is 5. The second-order valence-corrected chi connectivity index (χ2v) is 6.02. The van der Waals surface area contributed by atoms with Crippen molar-refractivity contribution in [3.05, 3.63) is 72.1 Å². The molecule has 0 radical (unpaired) electrons. The summed E-state index contributed by atoms with van der Waals surface area (Å²) in [5.41, 5.74) is 0.943. The molecule has 0 aliphatic heterocycles. The number of alkyl halides is 3. The zero-order chi connectivity index (χ0) is 20.0. The van der Waals surface area contributed by atoms with Gasteiger partial charge in [0.05, 0.1) is 12.7 Å². The van der Waals surface area contributed by atoms with E-state index in [0.29, 0.717) is 23.9 Å². The Bertz CT molecular complexity index is 914. The molecule has 0 atom stereocenters. The van der Waals surface area contributed by atoms with Crippen LogP contribution in [0, 0.1) is 0 Å². The number of anilines is 3. The van der Waals surface area contributed by atoms with Gasteiger partial charge in [-0.2, -0.15) is 13.2 Å². The van der Waals surface area contributed by atoms with Crippen molar-refractivity contribution < 1.29 is 17.9 Å². The molecule has 0 saturated heterocycles. The van der Waals surface area contributed by atoms with Gasteiger partial charge in [-0.15, -0.1) is 0 Å². The fourth-order valence-corrected chi connectivity index (χ4v) is 2.58. The average Bonchev–Trinajstić information content (AvgIpc) is 2.68. The Morgan fingerprint density at radius 1 is 0.964 bits per heavy atom. The number of benzene rings is 2. The van der Waals surface area contributed by atoms with Crippen LogP contribution in [-0.2, 0) is 12.6 Å². The summed E-state index contributed by atoms with van der Waals surface area (Å²) < 4.78 is 43.1.